The first-order valence-electron chi connectivity index (χ1n) is 8.64. The van der Waals surface area contributed by atoms with Crippen molar-refractivity contribution >= 4 is 23.5 Å². The minimum atomic E-state index is -0.319. The average Bonchev–Trinajstić information content (AvgIpc) is 2.83. The second-order valence-corrected chi connectivity index (χ2v) is 8.28. The highest BCUT2D eigenvalue weighted by Crippen LogP contribution is 2.37. The van der Waals surface area contributed by atoms with Crippen molar-refractivity contribution in [2.75, 3.05) is 25.7 Å². The zero-order chi connectivity index (χ0) is 18.4. The molecule has 1 aliphatic heterocycles. The molecule has 6 heteroatoms. The highest BCUT2D eigenvalue weighted by Gasteiger charge is 2.28. The fourth-order valence-corrected chi connectivity index (χ4v) is 5.15. The topological polar surface area (TPSA) is 53.7 Å². The van der Waals surface area contributed by atoms with E-state index in [-0.39, 0.29) is 18.2 Å². The molecule has 0 saturated heterocycles. The Morgan fingerprint density at radius 1 is 1.19 bits per heavy atom. The van der Waals surface area contributed by atoms with Crippen molar-refractivity contribution in [2.24, 2.45) is 11.7 Å². The maximum Gasteiger partial charge on any atom is 0.151 e. The van der Waals surface area contributed by atoms with Crippen LogP contribution in [0.4, 0.5) is 0 Å². The molecule has 140 valence electrons. The highest BCUT2D eigenvalue weighted by atomic mass is 32.2. The molecule has 3 atom stereocenters. The first-order chi connectivity index (χ1) is 12.7. The predicted octanol–water partition coefficient (Wildman–Crippen LogP) is 4.28. The molecule has 0 fully saturated rings. The summed E-state index contributed by atoms with van der Waals surface area (Å²) in [5.41, 5.74) is 6.33. The molecule has 1 heterocycles. The van der Waals surface area contributed by atoms with Crippen LogP contribution in [0.3, 0.4) is 0 Å². The fourth-order valence-electron chi connectivity index (χ4n) is 2.89. The first kappa shape index (κ1) is 19.4. The molecule has 26 heavy (non-hydrogen) atoms. The lowest BCUT2D eigenvalue weighted by atomic mass is 10.0. The number of rotatable bonds is 7. The van der Waals surface area contributed by atoms with Crippen molar-refractivity contribution in [2.45, 2.75) is 28.5 Å². The van der Waals surface area contributed by atoms with E-state index in [1.54, 1.807) is 26.0 Å². The van der Waals surface area contributed by atoms with Crippen LogP contribution < -0.4 is 15.2 Å². The maximum atomic E-state index is 6.33. The van der Waals surface area contributed by atoms with E-state index < -0.39 is 0 Å². The highest BCUT2D eigenvalue weighted by molar-refractivity contribution is 7.99. The summed E-state index contributed by atoms with van der Waals surface area (Å²) in [4.78, 5) is 2.28. The first-order valence-corrected chi connectivity index (χ1v) is 10.6. The summed E-state index contributed by atoms with van der Waals surface area (Å²) < 4.78 is 17.1. The summed E-state index contributed by atoms with van der Waals surface area (Å²) >= 11 is 3.56. The van der Waals surface area contributed by atoms with Gasteiger partial charge in [0, 0.05) is 34.3 Å². The summed E-state index contributed by atoms with van der Waals surface area (Å²) in [5, 5.41) is 0. The summed E-state index contributed by atoms with van der Waals surface area (Å²) in [7, 11) is 3.46. The monoisotopic (exact) mass is 391 g/mol. The Morgan fingerprint density at radius 2 is 1.96 bits per heavy atom. The molecular weight excluding hydrogens is 366 g/mol. The molecule has 0 amide bonds. The number of benzene rings is 2. The van der Waals surface area contributed by atoms with Gasteiger partial charge in [-0.15, -0.1) is 23.5 Å². The SMILES string of the molecule is COc1ccccc1SCC(CC1CSc2ccccc2OC1N)OC. The predicted molar refractivity (Wildman–Crippen MR) is 108 cm³/mol. The van der Waals surface area contributed by atoms with E-state index in [1.807, 2.05) is 48.2 Å². The van der Waals surface area contributed by atoms with Gasteiger partial charge < -0.3 is 14.2 Å². The zero-order valence-corrected chi connectivity index (χ0v) is 16.7. The lowest BCUT2D eigenvalue weighted by molar-refractivity contribution is 0.0685. The smallest absolute Gasteiger partial charge is 0.151 e. The van der Waals surface area contributed by atoms with E-state index in [0.29, 0.717) is 0 Å². The van der Waals surface area contributed by atoms with Crippen molar-refractivity contribution in [1.29, 1.82) is 0 Å². The Hall–Kier alpha value is -1.34. The van der Waals surface area contributed by atoms with Crippen LogP contribution in [0, 0.1) is 5.92 Å². The average molecular weight is 392 g/mol. The van der Waals surface area contributed by atoms with Gasteiger partial charge in [0.25, 0.3) is 0 Å². The van der Waals surface area contributed by atoms with Crippen LogP contribution in [0.25, 0.3) is 0 Å². The molecule has 2 N–H and O–H groups in total. The number of nitrogens with two attached hydrogens (primary N) is 1. The van der Waals surface area contributed by atoms with Gasteiger partial charge in [-0.2, -0.15) is 0 Å². The van der Waals surface area contributed by atoms with Gasteiger partial charge >= 0.3 is 0 Å². The molecule has 0 bridgehead atoms. The van der Waals surface area contributed by atoms with Gasteiger partial charge in [0.15, 0.2) is 6.23 Å². The largest absolute Gasteiger partial charge is 0.496 e. The number of fused-ring (bicyclic) bond motifs is 1. The molecule has 4 nitrogen and oxygen atoms in total. The maximum absolute atomic E-state index is 6.33. The van der Waals surface area contributed by atoms with Crippen molar-refractivity contribution < 1.29 is 14.2 Å². The molecular formula is C20H25NO3S2. The van der Waals surface area contributed by atoms with Gasteiger partial charge in [-0.3, -0.25) is 5.73 Å². The molecule has 0 spiro atoms. The number of hydrogen-bond donors (Lipinski definition) is 1. The molecule has 0 aliphatic carbocycles. The van der Waals surface area contributed by atoms with Crippen molar-refractivity contribution in [1.82, 2.24) is 0 Å². The standard InChI is InChI=1S/C20H25NO3S2/c1-22-15(13-26-18-9-5-3-7-16(18)23-2)11-14-12-25-19-10-6-4-8-17(19)24-20(14)21/h3-10,14-15,20H,11-13,21H2,1-2H3. The van der Waals surface area contributed by atoms with Gasteiger partial charge in [-0.1, -0.05) is 24.3 Å². The Balaban J connectivity index is 1.59. The van der Waals surface area contributed by atoms with Crippen LogP contribution in [0.5, 0.6) is 11.5 Å². The molecule has 3 rings (SSSR count). The summed E-state index contributed by atoms with van der Waals surface area (Å²) in [6, 6.07) is 16.1. The summed E-state index contributed by atoms with van der Waals surface area (Å²) in [5.74, 6) is 3.78. The third-order valence-electron chi connectivity index (χ3n) is 4.42. The molecule has 0 aromatic heterocycles. The van der Waals surface area contributed by atoms with E-state index in [2.05, 4.69) is 12.1 Å². The quantitative estimate of drug-likeness (QED) is 0.711. The van der Waals surface area contributed by atoms with Gasteiger partial charge in [0.05, 0.1) is 13.2 Å². The summed E-state index contributed by atoms with van der Waals surface area (Å²) in [6.45, 7) is 0. The van der Waals surface area contributed by atoms with E-state index in [0.717, 1.165) is 39.2 Å². The number of ether oxygens (including phenoxy) is 3. The van der Waals surface area contributed by atoms with Gasteiger partial charge in [0.1, 0.15) is 11.5 Å². The third kappa shape index (κ3) is 4.88. The van der Waals surface area contributed by atoms with E-state index in [9.17, 15) is 0 Å². The summed E-state index contributed by atoms with van der Waals surface area (Å²) in [6.07, 6.45) is 0.646. The fraction of sp³-hybridized carbons (Fsp3) is 0.400. The number of methoxy groups -OCH3 is 2. The van der Waals surface area contributed by atoms with Gasteiger partial charge in [-0.05, 0) is 30.7 Å². The second kappa shape index (κ2) is 9.55. The molecule has 0 radical (unpaired) electrons. The molecule has 0 saturated carbocycles. The molecule has 1 aliphatic rings. The van der Waals surface area contributed by atoms with E-state index in [1.165, 1.54) is 0 Å². The zero-order valence-electron chi connectivity index (χ0n) is 15.1. The molecule has 3 unspecified atom stereocenters. The molecule has 2 aromatic carbocycles. The lowest BCUT2D eigenvalue weighted by Crippen LogP contribution is -2.38. The third-order valence-corrected chi connectivity index (χ3v) is 6.85. The number of hydrogen-bond acceptors (Lipinski definition) is 6. The Kier molecular flexibility index (Phi) is 7.14. The van der Waals surface area contributed by atoms with Crippen molar-refractivity contribution in [3.05, 3.63) is 48.5 Å². The minimum absolute atomic E-state index is 0.103. The van der Waals surface area contributed by atoms with Crippen LogP contribution in [-0.4, -0.2) is 38.1 Å². The van der Waals surface area contributed by atoms with E-state index in [4.69, 9.17) is 19.9 Å². The van der Waals surface area contributed by atoms with Crippen LogP contribution in [0.15, 0.2) is 58.3 Å². The van der Waals surface area contributed by atoms with Crippen LogP contribution in [0.2, 0.25) is 0 Å². The van der Waals surface area contributed by atoms with Crippen molar-refractivity contribution in [3.8, 4) is 11.5 Å². The number of para-hydroxylation sites is 2. The Morgan fingerprint density at radius 3 is 2.77 bits per heavy atom. The van der Waals surface area contributed by atoms with Gasteiger partial charge in [0.2, 0.25) is 0 Å². The van der Waals surface area contributed by atoms with Crippen LogP contribution >= 0.6 is 23.5 Å². The normalized spacial score (nSPS) is 20.6. The van der Waals surface area contributed by atoms with Crippen LogP contribution in [0.1, 0.15) is 6.42 Å². The van der Waals surface area contributed by atoms with Crippen LogP contribution in [-0.2, 0) is 4.74 Å². The van der Waals surface area contributed by atoms with Crippen molar-refractivity contribution in [3.63, 3.8) is 0 Å². The Labute approximate surface area is 163 Å². The number of thioether (sulfide) groups is 2. The van der Waals surface area contributed by atoms with E-state index >= 15 is 0 Å². The Bertz CT molecular complexity index is 713. The lowest BCUT2D eigenvalue weighted by Gasteiger charge is -2.25. The minimum Gasteiger partial charge on any atom is -0.496 e. The second-order valence-electron chi connectivity index (χ2n) is 6.16. The molecule has 2 aromatic rings. The van der Waals surface area contributed by atoms with Gasteiger partial charge in [-0.25, -0.2) is 0 Å².